The number of pyridine rings is 2. The average Bonchev–Trinajstić information content (AvgIpc) is 2.75. The molecule has 0 aliphatic carbocycles. The second-order valence-electron chi connectivity index (χ2n) is 6.20. The number of anilines is 1. The summed E-state index contributed by atoms with van der Waals surface area (Å²) in [5, 5.41) is 3.48. The Morgan fingerprint density at radius 2 is 1.67 bits per heavy atom. The predicted octanol–water partition coefficient (Wildman–Crippen LogP) is 4.77. The van der Waals surface area contributed by atoms with Crippen molar-refractivity contribution in [1.82, 2.24) is 19.9 Å². The van der Waals surface area contributed by atoms with Crippen LogP contribution in [-0.4, -0.2) is 19.9 Å². The summed E-state index contributed by atoms with van der Waals surface area (Å²) in [5.41, 5.74) is 3.64. The highest BCUT2D eigenvalue weighted by Gasteiger charge is 2.12. The van der Waals surface area contributed by atoms with E-state index in [0.717, 1.165) is 22.8 Å². The van der Waals surface area contributed by atoms with Crippen LogP contribution < -0.4 is 5.32 Å². The highest BCUT2D eigenvalue weighted by Crippen LogP contribution is 2.25. The molecule has 5 nitrogen and oxygen atoms in total. The zero-order valence-corrected chi connectivity index (χ0v) is 14.9. The summed E-state index contributed by atoms with van der Waals surface area (Å²) in [5.74, 6) is 1.37. The van der Waals surface area contributed by atoms with Gasteiger partial charge in [-0.25, -0.2) is 9.97 Å². The van der Waals surface area contributed by atoms with Gasteiger partial charge in [-0.2, -0.15) is 0 Å². The van der Waals surface area contributed by atoms with Gasteiger partial charge >= 0.3 is 0 Å². The van der Waals surface area contributed by atoms with Gasteiger partial charge in [0.25, 0.3) is 0 Å². The SMILES string of the molecule is CC(Nc1cc(-c2ccccn2)nc(-c2cccnc2)n1)c1ccccc1. The second-order valence-corrected chi connectivity index (χ2v) is 6.20. The Hall–Kier alpha value is -3.60. The van der Waals surface area contributed by atoms with Crippen molar-refractivity contribution in [1.29, 1.82) is 0 Å². The maximum absolute atomic E-state index is 4.70. The maximum Gasteiger partial charge on any atom is 0.163 e. The largest absolute Gasteiger partial charge is 0.363 e. The van der Waals surface area contributed by atoms with Crippen LogP contribution in [0.5, 0.6) is 0 Å². The third-order valence-corrected chi connectivity index (χ3v) is 4.24. The van der Waals surface area contributed by atoms with Gasteiger partial charge < -0.3 is 5.32 Å². The number of rotatable bonds is 5. The van der Waals surface area contributed by atoms with Crippen molar-refractivity contribution in [3.63, 3.8) is 0 Å². The summed E-state index contributed by atoms with van der Waals surface area (Å²) in [6.45, 7) is 2.11. The molecule has 1 N–H and O–H groups in total. The number of aromatic nitrogens is 4. The fourth-order valence-corrected chi connectivity index (χ4v) is 2.84. The monoisotopic (exact) mass is 353 g/mol. The minimum Gasteiger partial charge on any atom is -0.363 e. The van der Waals surface area contributed by atoms with E-state index in [2.05, 4.69) is 34.3 Å². The van der Waals surface area contributed by atoms with E-state index in [9.17, 15) is 0 Å². The first kappa shape index (κ1) is 16.8. The van der Waals surface area contributed by atoms with Gasteiger partial charge in [-0.15, -0.1) is 0 Å². The molecule has 0 radical (unpaired) electrons. The summed E-state index contributed by atoms with van der Waals surface area (Å²) in [6.07, 6.45) is 5.27. The lowest BCUT2D eigenvalue weighted by molar-refractivity contribution is 0.873. The third-order valence-electron chi connectivity index (χ3n) is 4.24. The first-order valence-corrected chi connectivity index (χ1v) is 8.82. The molecule has 0 bridgehead atoms. The summed E-state index contributed by atoms with van der Waals surface area (Å²) in [7, 11) is 0. The van der Waals surface area contributed by atoms with Gasteiger partial charge in [0, 0.05) is 36.3 Å². The van der Waals surface area contributed by atoms with Crippen molar-refractivity contribution in [3.8, 4) is 22.8 Å². The normalized spacial score (nSPS) is 11.7. The molecule has 0 amide bonds. The molecule has 3 aromatic heterocycles. The van der Waals surface area contributed by atoms with E-state index >= 15 is 0 Å². The molecule has 4 rings (SSSR count). The molecule has 1 atom stereocenters. The Bertz CT molecular complexity index is 947. The molecule has 132 valence electrons. The van der Waals surface area contributed by atoms with E-state index < -0.39 is 0 Å². The molecule has 0 fully saturated rings. The van der Waals surface area contributed by atoms with Gasteiger partial charge in [0.05, 0.1) is 11.4 Å². The van der Waals surface area contributed by atoms with Crippen LogP contribution in [0.4, 0.5) is 5.82 Å². The molecule has 1 aromatic carbocycles. The van der Waals surface area contributed by atoms with E-state index in [0.29, 0.717) is 5.82 Å². The van der Waals surface area contributed by atoms with Crippen LogP contribution in [0.1, 0.15) is 18.5 Å². The van der Waals surface area contributed by atoms with Crippen molar-refractivity contribution in [2.75, 3.05) is 5.32 Å². The zero-order valence-electron chi connectivity index (χ0n) is 14.9. The van der Waals surface area contributed by atoms with Crippen LogP contribution in [-0.2, 0) is 0 Å². The van der Waals surface area contributed by atoms with E-state index in [1.54, 1.807) is 18.6 Å². The van der Waals surface area contributed by atoms with Gasteiger partial charge in [-0.3, -0.25) is 9.97 Å². The van der Waals surface area contributed by atoms with Crippen LogP contribution in [0.25, 0.3) is 22.8 Å². The van der Waals surface area contributed by atoms with Gasteiger partial charge in [0.2, 0.25) is 0 Å². The van der Waals surface area contributed by atoms with E-state index in [1.165, 1.54) is 5.56 Å². The molecule has 27 heavy (non-hydrogen) atoms. The van der Waals surface area contributed by atoms with E-state index in [4.69, 9.17) is 9.97 Å². The Morgan fingerprint density at radius 3 is 2.41 bits per heavy atom. The standard InChI is InChI=1S/C22H19N5/c1-16(17-8-3-2-4-9-17)25-21-14-20(19-11-5-6-13-24-19)26-22(27-21)18-10-7-12-23-15-18/h2-16H,1H3,(H,25,26,27). The van der Waals surface area contributed by atoms with Crippen molar-refractivity contribution in [2.24, 2.45) is 0 Å². The summed E-state index contributed by atoms with van der Waals surface area (Å²) < 4.78 is 0. The lowest BCUT2D eigenvalue weighted by atomic mass is 10.1. The van der Waals surface area contributed by atoms with Crippen LogP contribution in [0, 0.1) is 0 Å². The Balaban J connectivity index is 1.74. The van der Waals surface area contributed by atoms with Gasteiger partial charge in [-0.1, -0.05) is 36.4 Å². The average molecular weight is 353 g/mol. The lowest BCUT2D eigenvalue weighted by Crippen LogP contribution is -2.09. The highest BCUT2D eigenvalue weighted by atomic mass is 15.1. The van der Waals surface area contributed by atoms with Crippen molar-refractivity contribution < 1.29 is 0 Å². The lowest BCUT2D eigenvalue weighted by Gasteiger charge is -2.16. The zero-order chi connectivity index (χ0) is 18.5. The Kier molecular flexibility index (Phi) is 4.83. The van der Waals surface area contributed by atoms with Crippen LogP contribution in [0.2, 0.25) is 0 Å². The highest BCUT2D eigenvalue weighted by molar-refractivity contribution is 5.65. The predicted molar refractivity (Wildman–Crippen MR) is 107 cm³/mol. The summed E-state index contributed by atoms with van der Waals surface area (Å²) >= 11 is 0. The molecule has 0 aliphatic heterocycles. The Morgan fingerprint density at radius 1 is 0.815 bits per heavy atom. The molecule has 0 saturated carbocycles. The first-order chi connectivity index (χ1) is 13.3. The fourth-order valence-electron chi connectivity index (χ4n) is 2.84. The molecule has 3 heterocycles. The van der Waals surface area contributed by atoms with Gasteiger partial charge in [0.1, 0.15) is 5.82 Å². The smallest absolute Gasteiger partial charge is 0.163 e. The second kappa shape index (κ2) is 7.74. The molecule has 1 unspecified atom stereocenters. The molecule has 4 aromatic rings. The van der Waals surface area contributed by atoms with Gasteiger partial charge in [0.15, 0.2) is 5.82 Å². The van der Waals surface area contributed by atoms with E-state index in [-0.39, 0.29) is 6.04 Å². The quantitative estimate of drug-likeness (QED) is 0.560. The maximum atomic E-state index is 4.70. The topological polar surface area (TPSA) is 63.6 Å². The van der Waals surface area contributed by atoms with Crippen LogP contribution >= 0.6 is 0 Å². The Labute approximate surface area is 158 Å². The van der Waals surface area contributed by atoms with Gasteiger partial charge in [-0.05, 0) is 36.8 Å². The molecule has 5 heteroatoms. The first-order valence-electron chi connectivity index (χ1n) is 8.82. The molecule has 0 aliphatic rings. The molecule has 0 spiro atoms. The minimum atomic E-state index is 0.111. The number of benzene rings is 1. The number of hydrogen-bond donors (Lipinski definition) is 1. The number of hydrogen-bond acceptors (Lipinski definition) is 5. The van der Waals surface area contributed by atoms with Crippen molar-refractivity contribution in [3.05, 3.63) is 90.9 Å². The van der Waals surface area contributed by atoms with Crippen LogP contribution in [0.15, 0.2) is 85.3 Å². The number of nitrogens with one attached hydrogen (secondary N) is 1. The molecular weight excluding hydrogens is 334 g/mol. The summed E-state index contributed by atoms with van der Waals surface area (Å²) in [6, 6.07) is 21.9. The molecule has 0 saturated heterocycles. The molecular formula is C22H19N5. The number of nitrogens with zero attached hydrogens (tertiary/aromatic N) is 4. The van der Waals surface area contributed by atoms with E-state index in [1.807, 2.05) is 54.6 Å². The van der Waals surface area contributed by atoms with Crippen molar-refractivity contribution in [2.45, 2.75) is 13.0 Å². The van der Waals surface area contributed by atoms with Crippen LogP contribution in [0.3, 0.4) is 0 Å². The summed E-state index contributed by atoms with van der Waals surface area (Å²) in [4.78, 5) is 18.0. The van der Waals surface area contributed by atoms with Crippen molar-refractivity contribution >= 4 is 5.82 Å². The fraction of sp³-hybridized carbons (Fsp3) is 0.0909. The third kappa shape index (κ3) is 3.98. The minimum absolute atomic E-state index is 0.111.